The molecule has 0 spiro atoms. The summed E-state index contributed by atoms with van der Waals surface area (Å²) in [4.78, 5) is 0. The second-order valence-corrected chi connectivity index (χ2v) is 6.94. The van der Waals surface area contributed by atoms with Crippen molar-refractivity contribution < 1.29 is 36.1 Å². The summed E-state index contributed by atoms with van der Waals surface area (Å²) in [6.45, 7) is 4.18. The van der Waals surface area contributed by atoms with Crippen LogP contribution in [0.3, 0.4) is 0 Å². The van der Waals surface area contributed by atoms with E-state index in [1.54, 1.807) is 0 Å². The maximum absolute atomic E-state index is 9.17. The van der Waals surface area contributed by atoms with Crippen molar-refractivity contribution in [3.05, 3.63) is 0 Å². The van der Waals surface area contributed by atoms with Crippen LogP contribution in [-0.2, 0) is 0 Å². The first kappa shape index (κ1) is 25.2. The average molecular weight is 323 g/mol. The third kappa shape index (κ3) is 23.2. The summed E-state index contributed by atoms with van der Waals surface area (Å²) >= 11 is 0. The van der Waals surface area contributed by atoms with Crippen molar-refractivity contribution >= 4 is 0 Å². The predicted molar refractivity (Wildman–Crippen MR) is 97.0 cm³/mol. The van der Waals surface area contributed by atoms with E-state index in [9.17, 15) is 0 Å². The Hall–Kier alpha value is 0.960. The second kappa shape index (κ2) is 22.0. The maximum atomic E-state index is 9.17. The molecule has 0 radical (unpaired) electrons. The van der Waals surface area contributed by atoms with Crippen LogP contribution in [0, 0.1) is 0 Å². The number of aliphatic hydroxyl groups is 1. The van der Waals surface area contributed by atoms with E-state index in [-0.39, 0.29) is 37.1 Å². The van der Waals surface area contributed by atoms with E-state index in [0.717, 1.165) is 6.42 Å². The third-order valence-corrected chi connectivity index (χ3v) is 4.48. The van der Waals surface area contributed by atoms with Gasteiger partial charge < -0.3 is 6.53 Å². The minimum atomic E-state index is -0.100. The molecule has 1 nitrogen and oxygen atoms in total. The molecular formula is C20H43NaO. The normalized spacial score (nSPS) is 12.1. The Morgan fingerprint density at radius 1 is 0.591 bits per heavy atom. The quantitative estimate of drug-likeness (QED) is 0.315. The molecule has 0 heterocycles. The SMILES string of the molecule is CCCCCCCCCCCCCCCCCCC(C)O.[H-].[Na+]. The molecule has 0 aliphatic carbocycles. The van der Waals surface area contributed by atoms with Crippen LogP contribution in [0.4, 0.5) is 0 Å². The van der Waals surface area contributed by atoms with Crippen LogP contribution in [0.15, 0.2) is 0 Å². The summed E-state index contributed by atoms with van der Waals surface area (Å²) in [5.74, 6) is 0. The van der Waals surface area contributed by atoms with Gasteiger partial charge in [-0.3, -0.25) is 0 Å². The molecule has 0 aliphatic rings. The van der Waals surface area contributed by atoms with Crippen LogP contribution < -0.4 is 29.6 Å². The molecular weight excluding hydrogens is 279 g/mol. The van der Waals surface area contributed by atoms with Crippen LogP contribution in [-0.4, -0.2) is 11.2 Å². The fourth-order valence-corrected chi connectivity index (χ4v) is 2.99. The summed E-state index contributed by atoms with van der Waals surface area (Å²) in [5.41, 5.74) is 0. The van der Waals surface area contributed by atoms with Crippen molar-refractivity contribution in [3.8, 4) is 0 Å². The van der Waals surface area contributed by atoms with Gasteiger partial charge in [0.15, 0.2) is 0 Å². The molecule has 22 heavy (non-hydrogen) atoms. The summed E-state index contributed by atoms with van der Waals surface area (Å²) in [5, 5.41) is 9.17. The van der Waals surface area contributed by atoms with Crippen molar-refractivity contribution in [2.24, 2.45) is 0 Å². The van der Waals surface area contributed by atoms with Crippen molar-refractivity contribution in [3.63, 3.8) is 0 Å². The van der Waals surface area contributed by atoms with Crippen LogP contribution >= 0.6 is 0 Å². The summed E-state index contributed by atoms with van der Waals surface area (Å²) in [7, 11) is 0. The van der Waals surface area contributed by atoms with Crippen LogP contribution in [0.1, 0.15) is 124 Å². The number of hydrogen-bond donors (Lipinski definition) is 1. The molecule has 0 aromatic heterocycles. The first-order chi connectivity index (χ1) is 10.3. The molecule has 130 valence electrons. The fraction of sp³-hybridized carbons (Fsp3) is 1.00. The molecule has 0 amide bonds. The predicted octanol–water partition coefficient (Wildman–Crippen LogP) is 4.14. The molecule has 1 N–H and O–H groups in total. The molecule has 1 unspecified atom stereocenters. The molecule has 0 saturated carbocycles. The minimum Gasteiger partial charge on any atom is -1.00 e. The summed E-state index contributed by atoms with van der Waals surface area (Å²) < 4.78 is 0. The van der Waals surface area contributed by atoms with Crippen LogP contribution in [0.25, 0.3) is 0 Å². The van der Waals surface area contributed by atoms with Gasteiger partial charge in [0, 0.05) is 0 Å². The Kier molecular flexibility index (Phi) is 25.2. The standard InChI is InChI=1S/C20H42O.Na.H/c1-3-4-5-6-7-8-9-10-11-12-13-14-15-16-17-18-19-20(2)21;;/h20-21H,3-19H2,1-2H3;;/q;+1;-1. The first-order valence-electron chi connectivity index (χ1n) is 9.95. The molecule has 0 fully saturated rings. The number of rotatable bonds is 17. The monoisotopic (exact) mass is 322 g/mol. The van der Waals surface area contributed by atoms with Gasteiger partial charge in [0.25, 0.3) is 0 Å². The van der Waals surface area contributed by atoms with Gasteiger partial charge in [-0.25, -0.2) is 0 Å². The summed E-state index contributed by atoms with van der Waals surface area (Å²) in [6, 6.07) is 0. The minimum absolute atomic E-state index is 0. The summed E-state index contributed by atoms with van der Waals surface area (Å²) in [6.07, 6.45) is 23.5. The Balaban J connectivity index is -0.00000200. The molecule has 0 aliphatic heterocycles. The van der Waals surface area contributed by atoms with Crippen LogP contribution in [0.5, 0.6) is 0 Å². The second-order valence-electron chi connectivity index (χ2n) is 6.94. The Labute approximate surface area is 164 Å². The van der Waals surface area contributed by atoms with E-state index < -0.39 is 0 Å². The van der Waals surface area contributed by atoms with E-state index in [2.05, 4.69) is 6.92 Å². The van der Waals surface area contributed by atoms with Gasteiger partial charge >= 0.3 is 29.6 Å². The molecule has 0 saturated heterocycles. The molecule has 2 heteroatoms. The van der Waals surface area contributed by atoms with Gasteiger partial charge in [-0.1, -0.05) is 110 Å². The Morgan fingerprint density at radius 3 is 1.14 bits per heavy atom. The van der Waals surface area contributed by atoms with Gasteiger partial charge in [-0.15, -0.1) is 0 Å². The van der Waals surface area contributed by atoms with Crippen LogP contribution in [0.2, 0.25) is 0 Å². The van der Waals surface area contributed by atoms with Gasteiger partial charge in [-0.2, -0.15) is 0 Å². The van der Waals surface area contributed by atoms with Crippen molar-refractivity contribution in [2.45, 2.75) is 129 Å². The van der Waals surface area contributed by atoms with E-state index in [0.29, 0.717) is 0 Å². The number of aliphatic hydroxyl groups excluding tert-OH is 1. The molecule has 0 aromatic rings. The van der Waals surface area contributed by atoms with E-state index >= 15 is 0 Å². The first-order valence-corrected chi connectivity index (χ1v) is 9.95. The van der Waals surface area contributed by atoms with Crippen molar-refractivity contribution in [1.82, 2.24) is 0 Å². The zero-order valence-corrected chi connectivity index (χ0v) is 18.0. The smallest absolute Gasteiger partial charge is 1.00 e. The zero-order chi connectivity index (χ0) is 15.6. The van der Waals surface area contributed by atoms with E-state index in [1.807, 2.05) is 6.92 Å². The maximum Gasteiger partial charge on any atom is 1.00 e. The average Bonchev–Trinajstić information content (AvgIpc) is 2.46. The van der Waals surface area contributed by atoms with E-state index in [1.165, 1.54) is 103 Å². The molecule has 1 atom stereocenters. The van der Waals surface area contributed by atoms with Gasteiger partial charge in [0.1, 0.15) is 0 Å². The Morgan fingerprint density at radius 2 is 0.864 bits per heavy atom. The third-order valence-electron chi connectivity index (χ3n) is 4.48. The van der Waals surface area contributed by atoms with Gasteiger partial charge in [-0.05, 0) is 13.3 Å². The van der Waals surface area contributed by atoms with Gasteiger partial charge in [0.2, 0.25) is 0 Å². The number of hydrogen-bond acceptors (Lipinski definition) is 1. The van der Waals surface area contributed by atoms with Gasteiger partial charge in [0.05, 0.1) is 6.10 Å². The Bertz CT molecular complexity index is 188. The fourth-order valence-electron chi connectivity index (χ4n) is 2.99. The van der Waals surface area contributed by atoms with E-state index in [4.69, 9.17) is 5.11 Å². The molecule has 0 bridgehead atoms. The molecule has 0 aromatic carbocycles. The topological polar surface area (TPSA) is 20.2 Å². The number of unbranched alkanes of at least 4 members (excludes halogenated alkanes) is 15. The molecule has 0 rings (SSSR count). The largest absolute Gasteiger partial charge is 1.00 e. The van der Waals surface area contributed by atoms with Crippen molar-refractivity contribution in [2.75, 3.05) is 0 Å². The zero-order valence-electron chi connectivity index (χ0n) is 17.0. The van der Waals surface area contributed by atoms with Crippen molar-refractivity contribution in [1.29, 1.82) is 0 Å².